The van der Waals surface area contributed by atoms with Gasteiger partial charge in [0, 0.05) is 41.8 Å². The Morgan fingerprint density at radius 2 is 1.62 bits per heavy atom. The second-order valence-corrected chi connectivity index (χ2v) is 10.9. The minimum absolute atomic E-state index is 0.0327. The van der Waals surface area contributed by atoms with Crippen LogP contribution < -0.4 is 10.6 Å². The highest BCUT2D eigenvalue weighted by molar-refractivity contribution is 5.78. The summed E-state index contributed by atoms with van der Waals surface area (Å²) in [6.07, 6.45) is 3.04. The first kappa shape index (κ1) is 28.3. The van der Waals surface area contributed by atoms with Crippen molar-refractivity contribution in [2.75, 3.05) is 13.1 Å². The van der Waals surface area contributed by atoms with Gasteiger partial charge in [-0.2, -0.15) is 0 Å². The van der Waals surface area contributed by atoms with Crippen molar-refractivity contribution in [1.82, 2.24) is 20.2 Å². The summed E-state index contributed by atoms with van der Waals surface area (Å²) >= 11 is 0. The number of aliphatic hydroxyl groups is 1. The third-order valence-electron chi connectivity index (χ3n) is 7.01. The summed E-state index contributed by atoms with van der Waals surface area (Å²) in [6.45, 7) is 9.41. The Bertz CT molecular complexity index is 1340. The Kier molecular flexibility index (Phi) is 9.33. The molecule has 2 heterocycles. The number of nitrogens with zero attached hydrogens (tertiary/aromatic N) is 2. The molecule has 0 saturated heterocycles. The van der Waals surface area contributed by atoms with Crippen LogP contribution in [0.4, 0.5) is 0 Å². The average Bonchev–Trinajstić information content (AvgIpc) is 3.25. The molecular weight excluding hydrogens is 484 g/mol. The van der Waals surface area contributed by atoms with E-state index in [1.807, 2.05) is 42.5 Å². The van der Waals surface area contributed by atoms with Crippen molar-refractivity contribution < 1.29 is 9.90 Å². The number of carbonyl (C=O) groups is 1. The lowest BCUT2D eigenvalue weighted by molar-refractivity contribution is -0.120. The van der Waals surface area contributed by atoms with Crippen molar-refractivity contribution in [3.63, 3.8) is 0 Å². The van der Waals surface area contributed by atoms with Gasteiger partial charge in [0.05, 0.1) is 12.5 Å². The number of hydrogen-bond acceptors (Lipinski definition) is 4. The van der Waals surface area contributed by atoms with Crippen molar-refractivity contribution in [2.24, 2.45) is 0 Å². The largest absolute Gasteiger partial charge is 0.387 e. The number of aromatic nitrogens is 2. The summed E-state index contributed by atoms with van der Waals surface area (Å²) in [5.41, 5.74) is 6.17. The Balaban J connectivity index is 1.26. The first-order valence-corrected chi connectivity index (χ1v) is 13.6. The Labute approximate surface area is 232 Å². The van der Waals surface area contributed by atoms with Crippen LogP contribution in [0.25, 0.3) is 5.82 Å². The predicted molar refractivity (Wildman–Crippen MR) is 157 cm³/mol. The summed E-state index contributed by atoms with van der Waals surface area (Å²) in [4.78, 5) is 17.1. The Hall–Kier alpha value is -3.74. The molecule has 0 aliphatic carbocycles. The quantitative estimate of drug-likeness (QED) is 0.243. The number of amides is 1. The number of rotatable bonds is 12. The van der Waals surface area contributed by atoms with E-state index in [1.165, 1.54) is 5.56 Å². The number of carbonyl (C=O) groups excluding carboxylic acids is 1. The third-order valence-corrected chi connectivity index (χ3v) is 7.01. The van der Waals surface area contributed by atoms with Gasteiger partial charge < -0.3 is 20.3 Å². The van der Waals surface area contributed by atoms with Crippen molar-refractivity contribution in [3.05, 3.63) is 119 Å². The maximum Gasteiger partial charge on any atom is 0.224 e. The van der Waals surface area contributed by atoms with Crippen molar-refractivity contribution in [2.45, 2.75) is 58.6 Å². The van der Waals surface area contributed by atoms with Crippen LogP contribution in [-0.4, -0.2) is 39.2 Å². The van der Waals surface area contributed by atoms with E-state index in [-0.39, 0.29) is 11.4 Å². The average molecular weight is 525 g/mol. The van der Waals surface area contributed by atoms with Gasteiger partial charge in [-0.3, -0.25) is 4.79 Å². The molecule has 2 aromatic carbocycles. The molecule has 0 spiro atoms. The number of hydrogen-bond donors (Lipinski definition) is 3. The highest BCUT2D eigenvalue weighted by Gasteiger charge is 2.20. The SMILES string of the molecule is Cc1ccc(C)n1-c1ccc([C@@H](O)CNC(C)(C)Cc2cccc(CC(=O)NCCc3ccccc3)c2)cn1. The normalized spacial score (nSPS) is 12.3. The van der Waals surface area contributed by atoms with Crippen LogP contribution in [0.2, 0.25) is 0 Å². The number of benzene rings is 2. The lowest BCUT2D eigenvalue weighted by Crippen LogP contribution is -2.43. The van der Waals surface area contributed by atoms with Gasteiger partial charge in [0.15, 0.2) is 0 Å². The van der Waals surface area contributed by atoms with E-state index >= 15 is 0 Å². The zero-order chi connectivity index (χ0) is 27.8. The van der Waals surface area contributed by atoms with Crippen LogP contribution in [0.3, 0.4) is 0 Å². The summed E-state index contributed by atoms with van der Waals surface area (Å²) in [5, 5.41) is 17.3. The molecule has 3 N–H and O–H groups in total. The monoisotopic (exact) mass is 524 g/mol. The number of pyridine rings is 1. The topological polar surface area (TPSA) is 79.2 Å². The third kappa shape index (κ3) is 8.12. The molecule has 0 aliphatic rings. The van der Waals surface area contributed by atoms with Crippen LogP contribution in [0.1, 0.15) is 53.6 Å². The molecule has 1 atom stereocenters. The van der Waals surface area contributed by atoms with E-state index in [0.717, 1.165) is 46.7 Å². The van der Waals surface area contributed by atoms with Crippen LogP contribution in [0, 0.1) is 13.8 Å². The van der Waals surface area contributed by atoms with E-state index < -0.39 is 6.10 Å². The van der Waals surface area contributed by atoms with Gasteiger partial charge in [0.1, 0.15) is 5.82 Å². The molecule has 0 aliphatic heterocycles. The maximum absolute atomic E-state index is 12.5. The first-order valence-electron chi connectivity index (χ1n) is 13.6. The molecule has 0 radical (unpaired) electrons. The molecule has 0 fully saturated rings. The Morgan fingerprint density at radius 1 is 0.923 bits per heavy atom. The number of nitrogens with one attached hydrogen (secondary N) is 2. The minimum Gasteiger partial charge on any atom is -0.387 e. The highest BCUT2D eigenvalue weighted by atomic mass is 16.3. The van der Waals surface area contributed by atoms with Gasteiger partial charge in [-0.1, -0.05) is 60.7 Å². The van der Waals surface area contributed by atoms with Gasteiger partial charge in [0.25, 0.3) is 0 Å². The number of aliphatic hydroxyl groups excluding tert-OH is 1. The number of β-amino-alcohol motifs (C(OH)–C–C–N with tert-alkyl or cyclic N) is 1. The summed E-state index contributed by atoms with van der Waals surface area (Å²) in [7, 11) is 0. The van der Waals surface area contributed by atoms with Gasteiger partial charge in [-0.15, -0.1) is 0 Å². The van der Waals surface area contributed by atoms with Crippen molar-refractivity contribution in [3.8, 4) is 5.82 Å². The molecule has 204 valence electrons. The molecule has 0 bridgehead atoms. The molecule has 0 saturated carbocycles. The molecule has 4 rings (SSSR count). The minimum atomic E-state index is -0.663. The fourth-order valence-corrected chi connectivity index (χ4v) is 4.91. The second kappa shape index (κ2) is 12.9. The van der Waals surface area contributed by atoms with Crippen LogP contribution >= 0.6 is 0 Å². The molecule has 0 unspecified atom stereocenters. The summed E-state index contributed by atoms with van der Waals surface area (Å²) < 4.78 is 2.10. The lowest BCUT2D eigenvalue weighted by Gasteiger charge is -2.28. The van der Waals surface area contributed by atoms with Gasteiger partial charge >= 0.3 is 0 Å². The molecule has 39 heavy (non-hydrogen) atoms. The second-order valence-electron chi connectivity index (χ2n) is 10.9. The van der Waals surface area contributed by atoms with E-state index in [0.29, 0.717) is 19.5 Å². The van der Waals surface area contributed by atoms with Gasteiger partial charge in [-0.05, 0) is 75.4 Å². The maximum atomic E-state index is 12.5. The number of aryl methyl sites for hydroxylation is 2. The van der Waals surface area contributed by atoms with E-state index in [1.54, 1.807) is 6.20 Å². The smallest absolute Gasteiger partial charge is 0.224 e. The molecule has 4 aromatic rings. The van der Waals surface area contributed by atoms with E-state index in [4.69, 9.17) is 0 Å². The predicted octanol–water partition coefficient (Wildman–Crippen LogP) is 5.03. The zero-order valence-corrected chi connectivity index (χ0v) is 23.4. The van der Waals surface area contributed by atoms with Gasteiger partial charge in [-0.25, -0.2) is 4.98 Å². The molecule has 6 heteroatoms. The highest BCUT2D eigenvalue weighted by Crippen LogP contribution is 2.19. The lowest BCUT2D eigenvalue weighted by atomic mass is 9.93. The molecule has 2 aromatic heterocycles. The van der Waals surface area contributed by atoms with Crippen LogP contribution in [-0.2, 0) is 24.1 Å². The Morgan fingerprint density at radius 3 is 2.31 bits per heavy atom. The van der Waals surface area contributed by atoms with Gasteiger partial charge in [0.2, 0.25) is 5.91 Å². The van der Waals surface area contributed by atoms with E-state index in [9.17, 15) is 9.90 Å². The van der Waals surface area contributed by atoms with E-state index in [2.05, 4.69) is 84.3 Å². The fourth-order valence-electron chi connectivity index (χ4n) is 4.91. The molecule has 6 nitrogen and oxygen atoms in total. The zero-order valence-electron chi connectivity index (χ0n) is 23.4. The summed E-state index contributed by atoms with van der Waals surface area (Å²) in [6, 6.07) is 26.4. The van der Waals surface area contributed by atoms with Crippen LogP contribution in [0.5, 0.6) is 0 Å². The fraction of sp³-hybridized carbons (Fsp3) is 0.333. The van der Waals surface area contributed by atoms with Crippen molar-refractivity contribution in [1.29, 1.82) is 0 Å². The standard InChI is InChI=1S/C33H40N4O2/c1-24-13-14-25(2)37(24)31-16-15-29(22-35-31)30(38)23-36-33(3,4)21-28-12-8-11-27(19-28)20-32(39)34-18-17-26-9-6-5-7-10-26/h5-16,19,22,30,36,38H,17-18,20-21,23H2,1-4H3,(H,34,39)/t30-/m0/s1. The first-order chi connectivity index (χ1) is 18.7. The summed E-state index contributed by atoms with van der Waals surface area (Å²) in [5.74, 6) is 0.884. The molecule has 1 amide bonds. The van der Waals surface area contributed by atoms with Crippen molar-refractivity contribution >= 4 is 5.91 Å². The van der Waals surface area contributed by atoms with Crippen LogP contribution in [0.15, 0.2) is 85.1 Å². The molecular formula is C33H40N4O2.